The Bertz CT molecular complexity index is 984. The number of amides is 1. The number of hydrogen-bond donors (Lipinski definition) is 1. The molecule has 0 fully saturated rings. The van der Waals surface area contributed by atoms with Gasteiger partial charge in [0.25, 0.3) is 5.91 Å². The topological polar surface area (TPSA) is 68.3 Å². The van der Waals surface area contributed by atoms with Crippen LogP contribution in [0.3, 0.4) is 0 Å². The van der Waals surface area contributed by atoms with Crippen LogP contribution in [0.5, 0.6) is 0 Å². The van der Waals surface area contributed by atoms with Gasteiger partial charge < -0.3 is 10.1 Å². The summed E-state index contributed by atoms with van der Waals surface area (Å²) in [4.78, 5) is 29.4. The zero-order valence-electron chi connectivity index (χ0n) is 15.7. The Morgan fingerprint density at radius 1 is 1.07 bits per heavy atom. The number of fused-ring (bicyclic) bond motifs is 1. The molecule has 1 amide bonds. The van der Waals surface area contributed by atoms with Crippen LogP contribution in [-0.4, -0.2) is 24.0 Å². The highest BCUT2D eigenvalue weighted by molar-refractivity contribution is 6.06. The van der Waals surface area contributed by atoms with Gasteiger partial charge in [-0.1, -0.05) is 42.0 Å². The number of hydrogen-bond acceptors (Lipinski definition) is 4. The van der Waals surface area contributed by atoms with Crippen LogP contribution >= 0.6 is 0 Å². The summed E-state index contributed by atoms with van der Waals surface area (Å²) >= 11 is 0. The standard InChI is InChI=1S/C22H22N2O3/c1-14-9-10-19-17(11-14)18(12-15(2)23-19)22(26)24-20(13-21(25)27-3)16-7-5-4-6-8-16/h4-12,20H,13H2,1-3H3,(H,24,26). The number of carbonyl (C=O) groups excluding carboxylic acids is 2. The lowest BCUT2D eigenvalue weighted by Gasteiger charge is -2.19. The zero-order valence-corrected chi connectivity index (χ0v) is 15.7. The van der Waals surface area contributed by atoms with Crippen LogP contribution in [0, 0.1) is 13.8 Å². The van der Waals surface area contributed by atoms with Gasteiger partial charge in [-0.15, -0.1) is 0 Å². The summed E-state index contributed by atoms with van der Waals surface area (Å²) in [5.41, 5.74) is 3.99. The molecule has 0 aliphatic carbocycles. The maximum absolute atomic E-state index is 13.1. The molecule has 5 nitrogen and oxygen atoms in total. The molecule has 0 bridgehead atoms. The first-order chi connectivity index (χ1) is 13.0. The van der Waals surface area contributed by atoms with E-state index in [-0.39, 0.29) is 18.3 Å². The van der Waals surface area contributed by atoms with Crippen molar-refractivity contribution in [1.82, 2.24) is 10.3 Å². The molecule has 0 aliphatic heterocycles. The van der Waals surface area contributed by atoms with Gasteiger partial charge in [-0.25, -0.2) is 0 Å². The van der Waals surface area contributed by atoms with Crippen molar-refractivity contribution < 1.29 is 14.3 Å². The highest BCUT2D eigenvalue weighted by Crippen LogP contribution is 2.23. The number of rotatable bonds is 5. The molecule has 1 unspecified atom stereocenters. The fraction of sp³-hybridized carbons (Fsp3) is 0.227. The molecule has 1 N–H and O–H groups in total. The first kappa shape index (κ1) is 18.6. The average Bonchev–Trinajstić information content (AvgIpc) is 2.67. The lowest BCUT2D eigenvalue weighted by molar-refractivity contribution is -0.141. The number of methoxy groups -OCH3 is 1. The molecule has 0 spiro atoms. The number of carbonyl (C=O) groups is 2. The normalized spacial score (nSPS) is 11.8. The van der Waals surface area contributed by atoms with Gasteiger partial charge in [-0.2, -0.15) is 0 Å². The van der Waals surface area contributed by atoms with Crippen LogP contribution in [-0.2, 0) is 9.53 Å². The van der Waals surface area contributed by atoms with Crippen molar-refractivity contribution in [2.45, 2.75) is 26.3 Å². The Morgan fingerprint density at radius 3 is 2.52 bits per heavy atom. The third-order valence-corrected chi connectivity index (χ3v) is 4.44. The van der Waals surface area contributed by atoms with Crippen molar-refractivity contribution in [3.8, 4) is 0 Å². The molecular formula is C22H22N2O3. The largest absolute Gasteiger partial charge is 0.469 e. The molecule has 138 valence electrons. The minimum Gasteiger partial charge on any atom is -0.469 e. The van der Waals surface area contributed by atoms with Gasteiger partial charge in [0.1, 0.15) is 0 Å². The van der Waals surface area contributed by atoms with Crippen molar-refractivity contribution in [2.24, 2.45) is 0 Å². The summed E-state index contributed by atoms with van der Waals surface area (Å²) in [7, 11) is 1.34. The number of pyridine rings is 1. The molecule has 2 aromatic carbocycles. The Hall–Kier alpha value is -3.21. The second kappa shape index (κ2) is 7.99. The first-order valence-corrected chi connectivity index (χ1v) is 8.78. The lowest BCUT2D eigenvalue weighted by atomic mass is 10.0. The summed E-state index contributed by atoms with van der Waals surface area (Å²) in [5.74, 6) is -0.621. The van der Waals surface area contributed by atoms with E-state index in [0.717, 1.165) is 27.7 Å². The number of aromatic nitrogens is 1. The predicted octanol–water partition coefficient (Wildman–Crippen LogP) is 3.89. The van der Waals surface area contributed by atoms with Gasteiger partial charge in [0.05, 0.1) is 30.7 Å². The van der Waals surface area contributed by atoms with Crippen LogP contribution < -0.4 is 5.32 Å². The monoisotopic (exact) mass is 362 g/mol. The van der Waals surface area contributed by atoms with Gasteiger partial charge >= 0.3 is 5.97 Å². The van der Waals surface area contributed by atoms with Gasteiger partial charge in [-0.3, -0.25) is 14.6 Å². The number of nitrogens with one attached hydrogen (secondary N) is 1. The highest BCUT2D eigenvalue weighted by atomic mass is 16.5. The molecule has 27 heavy (non-hydrogen) atoms. The summed E-state index contributed by atoms with van der Waals surface area (Å²) in [6, 6.07) is 16.6. The van der Waals surface area contributed by atoms with E-state index in [4.69, 9.17) is 4.74 Å². The van der Waals surface area contributed by atoms with Crippen molar-refractivity contribution in [3.63, 3.8) is 0 Å². The minimum atomic E-state index is -0.473. The van der Waals surface area contributed by atoms with E-state index in [9.17, 15) is 9.59 Å². The van der Waals surface area contributed by atoms with E-state index in [2.05, 4.69) is 10.3 Å². The van der Waals surface area contributed by atoms with Crippen molar-refractivity contribution in [1.29, 1.82) is 0 Å². The lowest BCUT2D eigenvalue weighted by Crippen LogP contribution is -2.30. The van der Waals surface area contributed by atoms with Gasteiger partial charge in [0, 0.05) is 11.1 Å². The van der Waals surface area contributed by atoms with Crippen LogP contribution in [0.2, 0.25) is 0 Å². The van der Waals surface area contributed by atoms with E-state index in [0.29, 0.717) is 5.56 Å². The Labute approximate surface area is 158 Å². The Kier molecular flexibility index (Phi) is 5.50. The predicted molar refractivity (Wildman–Crippen MR) is 104 cm³/mol. The summed E-state index contributed by atoms with van der Waals surface area (Å²) in [6.45, 7) is 3.84. The molecule has 0 saturated carbocycles. The van der Waals surface area contributed by atoms with E-state index in [1.54, 1.807) is 6.07 Å². The minimum absolute atomic E-state index is 0.0628. The molecule has 0 radical (unpaired) electrons. The van der Waals surface area contributed by atoms with Crippen molar-refractivity contribution >= 4 is 22.8 Å². The maximum Gasteiger partial charge on any atom is 0.307 e. The second-order valence-electron chi connectivity index (χ2n) is 6.55. The zero-order chi connectivity index (χ0) is 19.4. The first-order valence-electron chi connectivity index (χ1n) is 8.78. The third kappa shape index (κ3) is 4.31. The molecule has 5 heteroatoms. The molecule has 0 aliphatic rings. The fourth-order valence-electron chi connectivity index (χ4n) is 3.08. The Balaban J connectivity index is 1.97. The van der Waals surface area contributed by atoms with Crippen molar-refractivity contribution in [3.05, 3.63) is 77.0 Å². The number of benzene rings is 2. The maximum atomic E-state index is 13.1. The van der Waals surface area contributed by atoms with Gasteiger partial charge in [0.2, 0.25) is 0 Å². The van der Waals surface area contributed by atoms with E-state index >= 15 is 0 Å². The smallest absolute Gasteiger partial charge is 0.307 e. The van der Waals surface area contributed by atoms with E-state index in [1.165, 1.54) is 7.11 Å². The van der Waals surface area contributed by atoms with Gasteiger partial charge in [0.15, 0.2) is 0 Å². The summed E-state index contributed by atoms with van der Waals surface area (Å²) in [6.07, 6.45) is 0.0628. The summed E-state index contributed by atoms with van der Waals surface area (Å²) < 4.78 is 4.79. The molecule has 0 saturated heterocycles. The number of nitrogens with zero attached hydrogens (tertiary/aromatic N) is 1. The SMILES string of the molecule is COC(=O)CC(NC(=O)c1cc(C)nc2ccc(C)cc12)c1ccccc1. The van der Waals surface area contributed by atoms with E-state index in [1.807, 2.05) is 62.4 Å². The van der Waals surface area contributed by atoms with E-state index < -0.39 is 6.04 Å². The molecule has 1 atom stereocenters. The van der Waals surface area contributed by atoms with Crippen LogP contribution in [0.25, 0.3) is 10.9 Å². The van der Waals surface area contributed by atoms with Crippen LogP contribution in [0.4, 0.5) is 0 Å². The second-order valence-corrected chi connectivity index (χ2v) is 6.55. The number of esters is 1. The quantitative estimate of drug-likeness (QED) is 0.699. The van der Waals surface area contributed by atoms with Crippen LogP contribution in [0.15, 0.2) is 54.6 Å². The third-order valence-electron chi connectivity index (χ3n) is 4.44. The van der Waals surface area contributed by atoms with Crippen LogP contribution in [0.1, 0.15) is 39.6 Å². The summed E-state index contributed by atoms with van der Waals surface area (Å²) in [5, 5.41) is 3.78. The Morgan fingerprint density at radius 2 is 1.81 bits per heavy atom. The van der Waals surface area contributed by atoms with Gasteiger partial charge in [-0.05, 0) is 37.6 Å². The molecular weight excluding hydrogens is 340 g/mol. The molecule has 3 aromatic rings. The number of ether oxygens (including phenoxy) is 1. The van der Waals surface area contributed by atoms with Crippen molar-refractivity contribution in [2.75, 3.05) is 7.11 Å². The average molecular weight is 362 g/mol. The molecule has 1 heterocycles. The highest BCUT2D eigenvalue weighted by Gasteiger charge is 2.21. The number of aryl methyl sites for hydroxylation is 2. The fourth-order valence-corrected chi connectivity index (χ4v) is 3.08. The molecule has 3 rings (SSSR count). The molecule has 1 aromatic heterocycles.